The van der Waals surface area contributed by atoms with Gasteiger partial charge in [-0.2, -0.15) is 0 Å². The van der Waals surface area contributed by atoms with Crippen LogP contribution in [-0.2, 0) is 17.8 Å². The quantitative estimate of drug-likeness (QED) is 0.551. The second-order valence-corrected chi connectivity index (χ2v) is 11.3. The number of fused-ring (bicyclic) bond motifs is 1. The lowest BCUT2D eigenvalue weighted by atomic mass is 9.73. The molecule has 0 radical (unpaired) electrons. The average Bonchev–Trinajstić information content (AvgIpc) is 3.45. The van der Waals surface area contributed by atoms with E-state index in [1.807, 2.05) is 17.5 Å². The van der Waals surface area contributed by atoms with Gasteiger partial charge in [0.05, 0.1) is 0 Å². The number of hydrogen-bond donors (Lipinski definition) is 1. The Morgan fingerprint density at radius 2 is 1.89 bits per heavy atom. The van der Waals surface area contributed by atoms with Gasteiger partial charge in [0.25, 0.3) is 5.91 Å². The van der Waals surface area contributed by atoms with Gasteiger partial charge >= 0.3 is 6.03 Å². The number of rotatable bonds is 8. The Hall–Kier alpha value is -2.58. The molecule has 0 saturated carbocycles. The van der Waals surface area contributed by atoms with E-state index < -0.39 is 5.54 Å². The first-order chi connectivity index (χ1) is 16.9. The summed E-state index contributed by atoms with van der Waals surface area (Å²) < 4.78 is 11.4. The number of imide groups is 1. The molecule has 1 atom stereocenters. The van der Waals surface area contributed by atoms with Crippen molar-refractivity contribution in [2.24, 2.45) is 11.8 Å². The molecule has 3 amide bonds. The summed E-state index contributed by atoms with van der Waals surface area (Å²) in [4.78, 5) is 31.8. The third-order valence-electron chi connectivity index (χ3n) is 7.39. The first kappa shape index (κ1) is 24.1. The van der Waals surface area contributed by atoms with E-state index in [1.54, 1.807) is 11.3 Å². The number of nitrogens with one attached hydrogen (secondary N) is 1. The monoisotopic (exact) mass is 497 g/mol. The summed E-state index contributed by atoms with van der Waals surface area (Å²) in [6.45, 7) is 8.53. The summed E-state index contributed by atoms with van der Waals surface area (Å²) in [5.74, 6) is 2.06. The Kier molecular flexibility index (Phi) is 7.02. The lowest BCUT2D eigenvalue weighted by molar-refractivity contribution is -0.134. The number of urea groups is 1. The Morgan fingerprint density at radius 3 is 2.60 bits per heavy atom. The van der Waals surface area contributed by atoms with Crippen LogP contribution in [0.1, 0.15) is 43.6 Å². The first-order valence-corrected chi connectivity index (χ1v) is 13.6. The lowest BCUT2D eigenvalue weighted by Crippen LogP contribution is -2.56. The molecule has 2 saturated heterocycles. The minimum atomic E-state index is -0.788. The van der Waals surface area contributed by atoms with E-state index in [1.165, 1.54) is 15.3 Å². The number of likely N-dealkylation sites (tertiary alicyclic amines) is 1. The fourth-order valence-electron chi connectivity index (χ4n) is 5.78. The summed E-state index contributed by atoms with van der Waals surface area (Å²) in [6.07, 6.45) is 3.17. The molecule has 5 rings (SSSR count). The number of piperidine rings is 1. The zero-order chi connectivity index (χ0) is 24.4. The molecular formula is C27H35N3O4S. The fourth-order valence-corrected chi connectivity index (χ4v) is 6.48. The first-order valence-electron chi connectivity index (χ1n) is 12.7. The zero-order valence-corrected chi connectivity index (χ0v) is 21.4. The van der Waals surface area contributed by atoms with Gasteiger partial charge in [0.2, 0.25) is 0 Å². The summed E-state index contributed by atoms with van der Waals surface area (Å²) in [7, 11) is 0. The van der Waals surface area contributed by atoms with Crippen LogP contribution in [0.4, 0.5) is 4.79 Å². The fraction of sp³-hybridized carbons (Fsp3) is 0.556. The van der Waals surface area contributed by atoms with Gasteiger partial charge in [0.15, 0.2) is 11.5 Å². The SMILES string of the molecule is CC(C)CC1(C2CCN(Cc3ccc4c(c3)OCCO4)CC2)NC(=O)N(CCc2cccs2)C1=O. The van der Waals surface area contributed by atoms with Crippen LogP contribution in [0.3, 0.4) is 0 Å². The summed E-state index contributed by atoms with van der Waals surface area (Å²) in [5, 5.41) is 5.22. The van der Waals surface area contributed by atoms with Gasteiger partial charge in [0, 0.05) is 18.0 Å². The molecule has 1 aromatic carbocycles. The summed E-state index contributed by atoms with van der Waals surface area (Å²) in [5.41, 5.74) is 0.415. The molecule has 8 heteroatoms. The van der Waals surface area contributed by atoms with Gasteiger partial charge in [-0.25, -0.2) is 4.79 Å². The van der Waals surface area contributed by atoms with Crippen LogP contribution in [0.15, 0.2) is 35.7 Å². The molecule has 3 aliphatic rings. The van der Waals surface area contributed by atoms with Crippen molar-refractivity contribution in [3.8, 4) is 11.5 Å². The van der Waals surface area contributed by atoms with Crippen LogP contribution in [0, 0.1) is 11.8 Å². The van der Waals surface area contributed by atoms with Gasteiger partial charge in [0.1, 0.15) is 18.8 Å². The number of hydrogen-bond acceptors (Lipinski definition) is 6. The van der Waals surface area contributed by atoms with Crippen molar-refractivity contribution in [1.29, 1.82) is 0 Å². The van der Waals surface area contributed by atoms with Crippen molar-refractivity contribution in [3.05, 3.63) is 46.2 Å². The van der Waals surface area contributed by atoms with Gasteiger partial charge in [-0.3, -0.25) is 14.6 Å². The summed E-state index contributed by atoms with van der Waals surface area (Å²) in [6, 6.07) is 10.0. The molecule has 2 aromatic rings. The molecular weight excluding hydrogens is 462 g/mol. The predicted octanol–water partition coefficient (Wildman–Crippen LogP) is 4.31. The predicted molar refractivity (Wildman–Crippen MR) is 136 cm³/mol. The highest BCUT2D eigenvalue weighted by molar-refractivity contribution is 7.09. The van der Waals surface area contributed by atoms with Crippen molar-refractivity contribution in [2.75, 3.05) is 32.8 Å². The summed E-state index contributed by atoms with van der Waals surface area (Å²) >= 11 is 1.67. The number of carbonyl (C=O) groups is 2. The maximum atomic E-state index is 13.7. The van der Waals surface area contributed by atoms with E-state index in [4.69, 9.17) is 9.47 Å². The Labute approximate surface area is 211 Å². The normalized spacial score (nSPS) is 23.2. The topological polar surface area (TPSA) is 71.1 Å². The van der Waals surface area contributed by atoms with Crippen LogP contribution < -0.4 is 14.8 Å². The molecule has 2 fully saturated rings. The van der Waals surface area contributed by atoms with E-state index in [0.717, 1.165) is 44.0 Å². The molecule has 3 aliphatic heterocycles. The molecule has 1 N–H and O–H groups in total. The highest BCUT2D eigenvalue weighted by atomic mass is 32.1. The number of benzene rings is 1. The lowest BCUT2D eigenvalue weighted by Gasteiger charge is -2.41. The van der Waals surface area contributed by atoms with Crippen molar-refractivity contribution in [2.45, 2.75) is 51.6 Å². The van der Waals surface area contributed by atoms with Gasteiger partial charge in [-0.05, 0) is 79.8 Å². The maximum absolute atomic E-state index is 13.7. The zero-order valence-electron chi connectivity index (χ0n) is 20.6. The Balaban J connectivity index is 1.24. The number of thiophene rings is 1. The van der Waals surface area contributed by atoms with Crippen LogP contribution in [0.2, 0.25) is 0 Å². The highest BCUT2D eigenvalue weighted by Crippen LogP contribution is 2.39. The highest BCUT2D eigenvalue weighted by Gasteiger charge is 2.55. The molecule has 1 unspecified atom stereocenters. The third-order valence-corrected chi connectivity index (χ3v) is 8.33. The number of carbonyl (C=O) groups excluding carboxylic acids is 2. The molecule has 188 valence electrons. The van der Waals surface area contributed by atoms with Crippen molar-refractivity contribution in [1.82, 2.24) is 15.1 Å². The van der Waals surface area contributed by atoms with E-state index in [-0.39, 0.29) is 17.9 Å². The Morgan fingerprint density at radius 1 is 1.11 bits per heavy atom. The molecule has 35 heavy (non-hydrogen) atoms. The van der Waals surface area contributed by atoms with Crippen LogP contribution in [0.25, 0.3) is 0 Å². The van der Waals surface area contributed by atoms with Gasteiger partial charge < -0.3 is 14.8 Å². The number of nitrogens with zero attached hydrogens (tertiary/aromatic N) is 2. The van der Waals surface area contributed by atoms with Gasteiger partial charge in [-0.15, -0.1) is 11.3 Å². The average molecular weight is 498 g/mol. The van der Waals surface area contributed by atoms with Crippen molar-refractivity contribution >= 4 is 23.3 Å². The van der Waals surface area contributed by atoms with Crippen LogP contribution in [0.5, 0.6) is 11.5 Å². The molecule has 7 nitrogen and oxygen atoms in total. The second kappa shape index (κ2) is 10.2. The van der Waals surface area contributed by atoms with E-state index in [0.29, 0.717) is 38.5 Å². The van der Waals surface area contributed by atoms with E-state index in [2.05, 4.69) is 42.3 Å². The third kappa shape index (κ3) is 5.05. The number of ether oxygens (including phenoxy) is 2. The maximum Gasteiger partial charge on any atom is 0.325 e. The molecule has 0 spiro atoms. The van der Waals surface area contributed by atoms with Crippen LogP contribution >= 0.6 is 11.3 Å². The van der Waals surface area contributed by atoms with Crippen molar-refractivity contribution < 1.29 is 19.1 Å². The standard InChI is InChI=1S/C27H35N3O4S/c1-19(2)17-27(25(31)30(26(32)28-27)12-9-22-4-3-15-35-22)21-7-10-29(11-8-21)18-20-5-6-23-24(16-20)34-14-13-33-23/h3-6,15-16,19,21H,7-14,17-18H2,1-2H3,(H,28,32). The van der Waals surface area contributed by atoms with E-state index >= 15 is 0 Å². The largest absolute Gasteiger partial charge is 0.486 e. The molecule has 1 aromatic heterocycles. The smallest absolute Gasteiger partial charge is 0.325 e. The Bertz CT molecular complexity index is 1050. The van der Waals surface area contributed by atoms with E-state index in [9.17, 15) is 9.59 Å². The minimum Gasteiger partial charge on any atom is -0.486 e. The van der Waals surface area contributed by atoms with Crippen molar-refractivity contribution in [3.63, 3.8) is 0 Å². The number of amides is 3. The minimum absolute atomic E-state index is 0.0296. The van der Waals surface area contributed by atoms with Gasteiger partial charge in [-0.1, -0.05) is 26.0 Å². The van der Waals surface area contributed by atoms with Crippen LogP contribution in [-0.4, -0.2) is 60.1 Å². The molecule has 0 bridgehead atoms. The second-order valence-electron chi connectivity index (χ2n) is 10.3. The molecule has 0 aliphatic carbocycles. The molecule has 4 heterocycles.